The number of aromatic nitrogens is 1. The second kappa shape index (κ2) is 6.34. The summed E-state index contributed by atoms with van der Waals surface area (Å²) in [5, 5.41) is 0. The minimum atomic E-state index is 0.206. The Hall–Kier alpha value is -1.85. The van der Waals surface area contributed by atoms with Gasteiger partial charge in [-0.25, -0.2) is 4.98 Å². The third-order valence-corrected chi connectivity index (χ3v) is 4.92. The highest BCUT2D eigenvalue weighted by atomic mass is 16.5. The first-order valence-corrected chi connectivity index (χ1v) is 8.30. The highest BCUT2D eigenvalue weighted by Gasteiger charge is 2.41. The Balaban J connectivity index is 1.46. The maximum atomic E-state index is 5.95. The zero-order chi connectivity index (χ0) is 15.5. The van der Waals surface area contributed by atoms with Gasteiger partial charge in [-0.15, -0.1) is 0 Å². The molecule has 4 rings (SSSR count). The van der Waals surface area contributed by atoms with E-state index in [4.69, 9.17) is 9.15 Å². The third kappa shape index (κ3) is 3.26. The molecule has 2 aromatic heterocycles. The second-order valence-electron chi connectivity index (χ2n) is 6.75. The minimum Gasteiger partial charge on any atom is -0.472 e. The first-order valence-electron chi connectivity index (χ1n) is 8.30. The number of furan rings is 1. The molecule has 0 bridgehead atoms. The number of ether oxygens (including phenoxy) is 1. The van der Waals surface area contributed by atoms with Crippen molar-refractivity contribution in [1.29, 1.82) is 0 Å². The zero-order valence-corrected chi connectivity index (χ0v) is 13.4. The number of rotatable bonds is 3. The molecule has 0 radical (unpaired) electrons. The molecule has 5 nitrogen and oxygen atoms in total. The van der Waals surface area contributed by atoms with Crippen molar-refractivity contribution in [2.24, 2.45) is 5.41 Å². The van der Waals surface area contributed by atoms with Crippen molar-refractivity contribution in [3.63, 3.8) is 0 Å². The van der Waals surface area contributed by atoms with Gasteiger partial charge in [0.15, 0.2) is 0 Å². The first-order chi connectivity index (χ1) is 11.3. The highest BCUT2D eigenvalue weighted by Crippen LogP contribution is 2.35. The van der Waals surface area contributed by atoms with Gasteiger partial charge in [0.2, 0.25) is 0 Å². The molecule has 2 fully saturated rings. The van der Waals surface area contributed by atoms with Crippen molar-refractivity contribution in [1.82, 2.24) is 9.88 Å². The third-order valence-electron chi connectivity index (χ3n) is 4.92. The van der Waals surface area contributed by atoms with Crippen LogP contribution < -0.4 is 4.90 Å². The molecule has 2 saturated heterocycles. The van der Waals surface area contributed by atoms with Gasteiger partial charge in [0, 0.05) is 49.9 Å². The van der Waals surface area contributed by atoms with E-state index in [1.165, 1.54) is 5.56 Å². The highest BCUT2D eigenvalue weighted by molar-refractivity contribution is 5.40. The van der Waals surface area contributed by atoms with Gasteiger partial charge < -0.3 is 14.1 Å². The Morgan fingerprint density at radius 2 is 2.17 bits per heavy atom. The summed E-state index contributed by atoms with van der Waals surface area (Å²) in [7, 11) is 0. The Bertz CT molecular complexity index is 616. The van der Waals surface area contributed by atoms with Crippen molar-refractivity contribution >= 4 is 5.82 Å². The quantitative estimate of drug-likeness (QED) is 0.870. The average Bonchev–Trinajstić information content (AvgIpc) is 3.18. The van der Waals surface area contributed by atoms with E-state index in [2.05, 4.69) is 26.9 Å². The van der Waals surface area contributed by atoms with E-state index in [-0.39, 0.29) is 5.41 Å². The molecular formula is C18H23N3O2. The predicted octanol–water partition coefficient (Wildman–Crippen LogP) is 2.40. The SMILES string of the molecule is c1ccc(N2CC[C@]3(COCCN(Cc4ccoc4)C3)C2)nc1. The molecule has 122 valence electrons. The van der Waals surface area contributed by atoms with Crippen LogP contribution in [0.4, 0.5) is 5.82 Å². The molecule has 0 aromatic carbocycles. The van der Waals surface area contributed by atoms with E-state index in [0.717, 1.165) is 58.2 Å². The molecule has 0 amide bonds. The lowest BCUT2D eigenvalue weighted by Gasteiger charge is -2.31. The summed E-state index contributed by atoms with van der Waals surface area (Å²) in [6, 6.07) is 8.17. The average molecular weight is 313 g/mol. The van der Waals surface area contributed by atoms with Gasteiger partial charge in [-0.3, -0.25) is 4.90 Å². The van der Waals surface area contributed by atoms with Crippen molar-refractivity contribution in [2.45, 2.75) is 13.0 Å². The zero-order valence-electron chi connectivity index (χ0n) is 13.4. The van der Waals surface area contributed by atoms with Crippen molar-refractivity contribution in [3.05, 3.63) is 48.6 Å². The maximum absolute atomic E-state index is 5.95. The summed E-state index contributed by atoms with van der Waals surface area (Å²) >= 11 is 0. The summed E-state index contributed by atoms with van der Waals surface area (Å²) in [4.78, 5) is 9.39. The summed E-state index contributed by atoms with van der Waals surface area (Å²) in [6.07, 6.45) is 6.62. The van der Waals surface area contributed by atoms with Gasteiger partial charge in [0.1, 0.15) is 5.82 Å². The molecule has 5 heteroatoms. The Labute approximate surface area is 136 Å². The summed E-state index contributed by atoms with van der Waals surface area (Å²) in [6.45, 7) is 6.72. The van der Waals surface area contributed by atoms with E-state index in [1.807, 2.05) is 24.6 Å². The van der Waals surface area contributed by atoms with Crippen LogP contribution in [0.2, 0.25) is 0 Å². The predicted molar refractivity (Wildman–Crippen MR) is 88.3 cm³/mol. The van der Waals surface area contributed by atoms with Crippen LogP contribution >= 0.6 is 0 Å². The van der Waals surface area contributed by atoms with E-state index in [1.54, 1.807) is 6.26 Å². The summed E-state index contributed by atoms with van der Waals surface area (Å²) in [5.74, 6) is 1.08. The molecule has 2 aliphatic heterocycles. The number of anilines is 1. The van der Waals surface area contributed by atoms with Crippen LogP contribution in [0.3, 0.4) is 0 Å². The molecule has 0 N–H and O–H groups in total. The van der Waals surface area contributed by atoms with Crippen LogP contribution in [0, 0.1) is 5.41 Å². The molecule has 23 heavy (non-hydrogen) atoms. The lowest BCUT2D eigenvalue weighted by atomic mass is 9.87. The van der Waals surface area contributed by atoms with Gasteiger partial charge in [0.25, 0.3) is 0 Å². The molecule has 1 atom stereocenters. The number of hydrogen-bond acceptors (Lipinski definition) is 5. The van der Waals surface area contributed by atoms with Crippen molar-refractivity contribution in [3.8, 4) is 0 Å². The molecule has 0 unspecified atom stereocenters. The largest absolute Gasteiger partial charge is 0.472 e. The lowest BCUT2D eigenvalue weighted by Crippen LogP contribution is -2.40. The standard InChI is InChI=1S/C18H23N3O2/c1-2-6-19-17(3-1)21-7-5-18(14-21)13-20(8-10-23-15-18)11-16-4-9-22-12-16/h1-4,6,9,12H,5,7-8,10-11,13-15H2/t18-/m1/s1. The molecule has 0 saturated carbocycles. The van der Waals surface area contributed by atoms with Crippen molar-refractivity contribution in [2.75, 3.05) is 44.3 Å². The first kappa shape index (κ1) is 14.7. The fourth-order valence-electron chi connectivity index (χ4n) is 3.78. The molecule has 0 aliphatic carbocycles. The fourth-order valence-corrected chi connectivity index (χ4v) is 3.78. The van der Waals surface area contributed by atoms with Crippen LogP contribution in [0.15, 0.2) is 47.4 Å². The number of pyridine rings is 1. The fraction of sp³-hybridized carbons (Fsp3) is 0.500. The molecule has 4 heterocycles. The molecule has 2 aromatic rings. The van der Waals surface area contributed by atoms with Crippen LogP contribution in [0.1, 0.15) is 12.0 Å². The Morgan fingerprint density at radius 3 is 3.00 bits per heavy atom. The molecule has 1 spiro atoms. The van der Waals surface area contributed by atoms with E-state index in [0.29, 0.717) is 0 Å². The monoisotopic (exact) mass is 313 g/mol. The lowest BCUT2D eigenvalue weighted by molar-refractivity contribution is 0.0798. The van der Waals surface area contributed by atoms with Crippen LogP contribution in [-0.2, 0) is 11.3 Å². The van der Waals surface area contributed by atoms with Crippen LogP contribution in [0.5, 0.6) is 0 Å². The van der Waals surface area contributed by atoms with Gasteiger partial charge in [-0.05, 0) is 24.6 Å². The topological polar surface area (TPSA) is 41.7 Å². The van der Waals surface area contributed by atoms with Crippen LogP contribution in [-0.4, -0.2) is 49.3 Å². The maximum Gasteiger partial charge on any atom is 0.128 e. The number of hydrogen-bond donors (Lipinski definition) is 0. The van der Waals surface area contributed by atoms with E-state index < -0.39 is 0 Å². The van der Waals surface area contributed by atoms with Gasteiger partial charge >= 0.3 is 0 Å². The van der Waals surface area contributed by atoms with Gasteiger partial charge in [-0.2, -0.15) is 0 Å². The van der Waals surface area contributed by atoms with Crippen LogP contribution in [0.25, 0.3) is 0 Å². The second-order valence-corrected chi connectivity index (χ2v) is 6.75. The smallest absolute Gasteiger partial charge is 0.128 e. The van der Waals surface area contributed by atoms with E-state index in [9.17, 15) is 0 Å². The van der Waals surface area contributed by atoms with E-state index >= 15 is 0 Å². The number of nitrogens with zero attached hydrogens (tertiary/aromatic N) is 3. The van der Waals surface area contributed by atoms with Gasteiger partial charge in [-0.1, -0.05) is 6.07 Å². The molecular weight excluding hydrogens is 290 g/mol. The van der Waals surface area contributed by atoms with Crippen molar-refractivity contribution < 1.29 is 9.15 Å². The minimum absolute atomic E-state index is 0.206. The normalized spacial score (nSPS) is 25.8. The summed E-state index contributed by atoms with van der Waals surface area (Å²) < 4.78 is 11.2. The Kier molecular flexibility index (Phi) is 4.06. The molecule has 2 aliphatic rings. The summed E-state index contributed by atoms with van der Waals surface area (Å²) in [5.41, 5.74) is 1.44. The van der Waals surface area contributed by atoms with Gasteiger partial charge in [0.05, 0.1) is 25.7 Å². The Morgan fingerprint density at radius 1 is 1.17 bits per heavy atom.